The second-order valence-electron chi connectivity index (χ2n) is 6.30. The maximum Gasteiger partial charge on any atom is 0.262 e. The number of hydrogen-bond donors (Lipinski definition) is 2. The zero-order valence-electron chi connectivity index (χ0n) is 15.0. The van der Waals surface area contributed by atoms with E-state index in [0.29, 0.717) is 33.6 Å². The van der Waals surface area contributed by atoms with Crippen molar-refractivity contribution in [1.29, 1.82) is 0 Å². The Morgan fingerprint density at radius 1 is 1.18 bits per heavy atom. The van der Waals surface area contributed by atoms with E-state index >= 15 is 0 Å². The molecule has 1 unspecified atom stereocenters. The van der Waals surface area contributed by atoms with E-state index in [-0.39, 0.29) is 18.6 Å². The van der Waals surface area contributed by atoms with Gasteiger partial charge in [0.25, 0.3) is 11.8 Å². The maximum atomic E-state index is 12.5. The van der Waals surface area contributed by atoms with Gasteiger partial charge < -0.3 is 20.1 Å². The van der Waals surface area contributed by atoms with Gasteiger partial charge in [0.15, 0.2) is 6.61 Å². The first-order valence-electron chi connectivity index (χ1n) is 8.89. The molecule has 0 saturated carbocycles. The molecule has 1 fully saturated rings. The smallest absolute Gasteiger partial charge is 0.262 e. The average Bonchev–Trinajstić information content (AvgIpc) is 3.21. The topological polar surface area (TPSA) is 76.7 Å². The molecule has 0 bridgehead atoms. The SMILES string of the molecule is O=C(COc1cc(Cl)ccc1Cl)Nc1ccccc1C(=O)NCC1CCCO1. The zero-order valence-corrected chi connectivity index (χ0v) is 16.6. The molecule has 1 saturated heterocycles. The van der Waals surface area contributed by atoms with Crippen molar-refractivity contribution >= 4 is 40.7 Å². The van der Waals surface area contributed by atoms with E-state index in [2.05, 4.69) is 10.6 Å². The van der Waals surface area contributed by atoms with Crippen LogP contribution in [0.5, 0.6) is 5.75 Å². The van der Waals surface area contributed by atoms with E-state index in [1.165, 1.54) is 6.07 Å². The number of hydrogen-bond acceptors (Lipinski definition) is 4. The summed E-state index contributed by atoms with van der Waals surface area (Å²) in [7, 11) is 0. The quantitative estimate of drug-likeness (QED) is 0.708. The Bertz CT molecular complexity index is 854. The molecule has 0 spiro atoms. The van der Waals surface area contributed by atoms with Gasteiger partial charge in [-0.1, -0.05) is 35.3 Å². The highest BCUT2D eigenvalue weighted by atomic mass is 35.5. The molecule has 0 radical (unpaired) electrons. The fourth-order valence-corrected chi connectivity index (χ4v) is 3.15. The number of carbonyl (C=O) groups is 2. The van der Waals surface area contributed by atoms with Crippen LogP contribution < -0.4 is 15.4 Å². The summed E-state index contributed by atoms with van der Waals surface area (Å²) in [6.07, 6.45) is 1.98. The molecule has 1 heterocycles. The molecule has 2 N–H and O–H groups in total. The highest BCUT2D eigenvalue weighted by Crippen LogP contribution is 2.27. The number of amides is 2. The van der Waals surface area contributed by atoms with Crippen LogP contribution in [0.3, 0.4) is 0 Å². The van der Waals surface area contributed by atoms with Gasteiger partial charge in [-0.15, -0.1) is 0 Å². The van der Waals surface area contributed by atoms with E-state index in [1.807, 2.05) is 0 Å². The molecule has 2 aromatic rings. The summed E-state index contributed by atoms with van der Waals surface area (Å²) in [6.45, 7) is 0.896. The van der Waals surface area contributed by atoms with Crippen LogP contribution in [-0.4, -0.2) is 37.7 Å². The Hall–Kier alpha value is -2.28. The molecular weight excluding hydrogens is 403 g/mol. The minimum absolute atomic E-state index is 0.0431. The van der Waals surface area contributed by atoms with Crippen LogP contribution in [0.1, 0.15) is 23.2 Å². The van der Waals surface area contributed by atoms with Crippen LogP contribution in [0.4, 0.5) is 5.69 Å². The average molecular weight is 423 g/mol. The van der Waals surface area contributed by atoms with Crippen LogP contribution in [0.15, 0.2) is 42.5 Å². The lowest BCUT2D eigenvalue weighted by Crippen LogP contribution is -2.32. The Balaban J connectivity index is 1.58. The number of rotatable bonds is 7. The molecular formula is C20H20Cl2N2O4. The summed E-state index contributed by atoms with van der Waals surface area (Å²) in [5, 5.41) is 6.34. The van der Waals surface area contributed by atoms with Crippen molar-refractivity contribution in [3.63, 3.8) is 0 Å². The highest BCUT2D eigenvalue weighted by molar-refractivity contribution is 6.34. The lowest BCUT2D eigenvalue weighted by Gasteiger charge is -2.14. The van der Waals surface area contributed by atoms with Crippen LogP contribution in [0.25, 0.3) is 0 Å². The van der Waals surface area contributed by atoms with Gasteiger partial charge in [0.05, 0.1) is 22.4 Å². The van der Waals surface area contributed by atoms with Gasteiger partial charge in [-0.3, -0.25) is 9.59 Å². The lowest BCUT2D eigenvalue weighted by molar-refractivity contribution is -0.118. The predicted molar refractivity (Wildman–Crippen MR) is 108 cm³/mol. The van der Waals surface area contributed by atoms with E-state index < -0.39 is 5.91 Å². The van der Waals surface area contributed by atoms with E-state index in [1.54, 1.807) is 36.4 Å². The molecule has 0 aliphatic carbocycles. The Labute approximate surface area is 173 Å². The molecule has 28 heavy (non-hydrogen) atoms. The molecule has 1 atom stereocenters. The number of para-hydroxylation sites is 1. The van der Waals surface area contributed by atoms with E-state index in [9.17, 15) is 9.59 Å². The summed E-state index contributed by atoms with van der Waals surface area (Å²) in [4.78, 5) is 24.7. The van der Waals surface area contributed by atoms with Gasteiger partial charge >= 0.3 is 0 Å². The van der Waals surface area contributed by atoms with Gasteiger partial charge in [0.1, 0.15) is 5.75 Å². The first-order chi connectivity index (χ1) is 13.5. The monoisotopic (exact) mass is 422 g/mol. The minimum Gasteiger partial charge on any atom is -0.482 e. The molecule has 2 amide bonds. The summed E-state index contributed by atoms with van der Waals surface area (Å²) in [6, 6.07) is 11.5. The number of ether oxygens (including phenoxy) is 2. The molecule has 1 aliphatic heterocycles. The Morgan fingerprint density at radius 2 is 2.00 bits per heavy atom. The molecule has 6 nitrogen and oxygen atoms in total. The van der Waals surface area contributed by atoms with Crippen molar-refractivity contribution in [2.45, 2.75) is 18.9 Å². The van der Waals surface area contributed by atoms with Crippen LogP contribution in [0.2, 0.25) is 10.0 Å². The van der Waals surface area contributed by atoms with Crippen LogP contribution >= 0.6 is 23.2 Å². The summed E-state index contributed by atoms with van der Waals surface area (Å²) in [5.41, 5.74) is 0.771. The third-order valence-corrected chi connectivity index (χ3v) is 4.76. The standard InChI is InChI=1S/C20H20Cl2N2O4/c21-13-7-8-16(22)18(10-13)28-12-19(25)24-17-6-2-1-5-15(17)20(26)23-11-14-4-3-9-27-14/h1-2,5-8,10,14H,3-4,9,11-12H2,(H,23,26)(H,24,25). The van der Waals surface area contributed by atoms with Gasteiger partial charge in [0.2, 0.25) is 0 Å². The summed E-state index contributed by atoms with van der Waals surface area (Å²) in [5.74, 6) is -0.382. The number of anilines is 1. The van der Waals surface area contributed by atoms with Crippen LogP contribution in [0, 0.1) is 0 Å². The third kappa shape index (κ3) is 5.61. The van der Waals surface area contributed by atoms with Gasteiger partial charge in [-0.2, -0.15) is 0 Å². The van der Waals surface area contributed by atoms with Crippen molar-refractivity contribution in [3.05, 3.63) is 58.1 Å². The summed E-state index contributed by atoms with van der Waals surface area (Å²) < 4.78 is 10.9. The lowest BCUT2D eigenvalue weighted by atomic mass is 10.1. The molecule has 0 aromatic heterocycles. The zero-order chi connectivity index (χ0) is 19.9. The molecule has 148 valence electrons. The number of nitrogens with one attached hydrogen (secondary N) is 2. The van der Waals surface area contributed by atoms with Gasteiger partial charge in [0, 0.05) is 24.2 Å². The first-order valence-corrected chi connectivity index (χ1v) is 9.65. The second kappa shape index (κ2) is 9.78. The molecule has 1 aliphatic rings. The fourth-order valence-electron chi connectivity index (χ4n) is 2.81. The maximum absolute atomic E-state index is 12.5. The highest BCUT2D eigenvalue weighted by Gasteiger charge is 2.18. The van der Waals surface area contributed by atoms with Crippen LogP contribution in [-0.2, 0) is 9.53 Å². The first kappa shape index (κ1) is 20.5. The van der Waals surface area contributed by atoms with Crippen molar-refractivity contribution < 1.29 is 19.1 Å². The normalized spacial score (nSPS) is 15.9. The number of carbonyl (C=O) groups excluding carboxylic acids is 2. The fraction of sp³-hybridized carbons (Fsp3) is 0.300. The largest absolute Gasteiger partial charge is 0.482 e. The van der Waals surface area contributed by atoms with E-state index in [4.69, 9.17) is 32.7 Å². The van der Waals surface area contributed by atoms with Crippen molar-refractivity contribution in [3.8, 4) is 5.75 Å². The third-order valence-electron chi connectivity index (χ3n) is 4.21. The number of halogens is 2. The summed E-state index contributed by atoms with van der Waals surface area (Å²) >= 11 is 11.9. The molecule has 8 heteroatoms. The van der Waals surface area contributed by atoms with Gasteiger partial charge in [-0.05, 0) is 37.1 Å². The Kier molecular flexibility index (Phi) is 7.14. The Morgan fingerprint density at radius 3 is 2.79 bits per heavy atom. The second-order valence-corrected chi connectivity index (χ2v) is 7.15. The van der Waals surface area contributed by atoms with Crippen molar-refractivity contribution in [2.24, 2.45) is 0 Å². The minimum atomic E-state index is -0.421. The van der Waals surface area contributed by atoms with Crippen molar-refractivity contribution in [1.82, 2.24) is 5.32 Å². The van der Waals surface area contributed by atoms with E-state index in [0.717, 1.165) is 19.4 Å². The number of benzene rings is 2. The predicted octanol–water partition coefficient (Wildman–Crippen LogP) is 3.92. The molecule has 2 aromatic carbocycles. The molecule has 3 rings (SSSR count). The van der Waals surface area contributed by atoms with Crippen molar-refractivity contribution in [2.75, 3.05) is 25.1 Å². The van der Waals surface area contributed by atoms with Gasteiger partial charge in [-0.25, -0.2) is 0 Å².